The summed E-state index contributed by atoms with van der Waals surface area (Å²) in [4.78, 5) is 30.7. The molecule has 0 fully saturated rings. The Labute approximate surface area is 126 Å². The zero-order valence-corrected chi connectivity index (χ0v) is 12.3. The average molecular weight is 297 g/mol. The van der Waals surface area contributed by atoms with Gasteiger partial charge in [-0.15, -0.1) is 0 Å². The number of carbonyl (C=O) groups is 1. The molecule has 0 atom stereocenters. The lowest BCUT2D eigenvalue weighted by molar-refractivity contribution is 0.0972. The highest BCUT2D eigenvalue weighted by atomic mass is 16.5. The van der Waals surface area contributed by atoms with Gasteiger partial charge in [0.2, 0.25) is 0 Å². The van der Waals surface area contributed by atoms with Gasteiger partial charge in [-0.05, 0) is 25.8 Å². The van der Waals surface area contributed by atoms with Crippen LogP contribution in [0.15, 0.2) is 33.6 Å². The molecule has 0 spiro atoms. The van der Waals surface area contributed by atoms with Crippen LogP contribution >= 0.6 is 0 Å². The van der Waals surface area contributed by atoms with Crippen molar-refractivity contribution in [2.75, 3.05) is 0 Å². The lowest BCUT2D eigenvalue weighted by atomic mass is 10.1. The molecule has 0 radical (unpaired) electrons. The van der Waals surface area contributed by atoms with Gasteiger partial charge in [-0.1, -0.05) is 35.0 Å². The van der Waals surface area contributed by atoms with Crippen LogP contribution in [0.1, 0.15) is 33.9 Å². The Balaban J connectivity index is 1.82. The van der Waals surface area contributed by atoms with Crippen molar-refractivity contribution in [3.63, 3.8) is 0 Å². The van der Waals surface area contributed by atoms with Crippen molar-refractivity contribution >= 4 is 16.9 Å². The Morgan fingerprint density at radius 3 is 2.91 bits per heavy atom. The number of aryl methyl sites for hydroxylation is 3. The number of Topliss-reactive ketones (excluding diaryl/α,β-unsaturated/α-hetero) is 1. The predicted octanol–water partition coefficient (Wildman–Crippen LogP) is 2.34. The van der Waals surface area contributed by atoms with Crippen LogP contribution in [-0.4, -0.2) is 20.9 Å². The van der Waals surface area contributed by atoms with Crippen LogP contribution in [-0.2, 0) is 6.42 Å². The van der Waals surface area contributed by atoms with Gasteiger partial charge in [-0.25, -0.2) is 0 Å². The zero-order valence-electron chi connectivity index (χ0n) is 12.3. The fraction of sp³-hybridized carbons (Fsp3) is 0.250. The maximum atomic E-state index is 12.2. The van der Waals surface area contributed by atoms with E-state index >= 15 is 0 Å². The third-order valence-corrected chi connectivity index (χ3v) is 3.50. The van der Waals surface area contributed by atoms with Crippen LogP contribution in [0.2, 0.25) is 0 Å². The fourth-order valence-electron chi connectivity index (χ4n) is 2.37. The zero-order chi connectivity index (χ0) is 15.7. The van der Waals surface area contributed by atoms with Gasteiger partial charge in [0.15, 0.2) is 11.6 Å². The summed E-state index contributed by atoms with van der Waals surface area (Å²) in [5.74, 6) is -0.212. The number of carbonyl (C=O) groups excluding carboxylic acids is 1. The minimum absolute atomic E-state index is 0.0151. The largest absolute Gasteiger partial charge is 0.335 e. The number of hydrogen-bond acceptors (Lipinski definition) is 5. The maximum Gasteiger partial charge on any atom is 0.265 e. The molecule has 6 nitrogen and oxygen atoms in total. The quantitative estimate of drug-likeness (QED) is 0.747. The standard InChI is InChI=1S/C16H15N3O3/c1-9-4-3-5-11(8-9)6-7-12(20)14-17-15(21)13-10(2)19-22-16(13)18-14/h3-5,8H,6-7H2,1-2H3,(H,17,18,21). The second-order valence-corrected chi connectivity index (χ2v) is 5.27. The van der Waals surface area contributed by atoms with Gasteiger partial charge in [0.1, 0.15) is 5.39 Å². The summed E-state index contributed by atoms with van der Waals surface area (Å²) in [6, 6.07) is 7.97. The molecule has 1 N–H and O–H groups in total. The van der Waals surface area contributed by atoms with Gasteiger partial charge in [0.25, 0.3) is 11.3 Å². The van der Waals surface area contributed by atoms with E-state index in [-0.39, 0.29) is 29.1 Å². The van der Waals surface area contributed by atoms with Gasteiger partial charge in [0, 0.05) is 6.42 Å². The second-order valence-electron chi connectivity index (χ2n) is 5.27. The molecule has 2 aromatic heterocycles. The SMILES string of the molecule is Cc1cccc(CCC(=O)c2nc3onc(C)c3c(=O)[nH]2)c1. The number of ketones is 1. The van der Waals surface area contributed by atoms with E-state index in [2.05, 4.69) is 15.1 Å². The predicted molar refractivity (Wildman–Crippen MR) is 81.0 cm³/mol. The van der Waals surface area contributed by atoms with E-state index in [1.165, 1.54) is 0 Å². The van der Waals surface area contributed by atoms with Crippen molar-refractivity contribution in [3.05, 3.63) is 57.3 Å². The number of nitrogens with one attached hydrogen (secondary N) is 1. The number of aromatic amines is 1. The Morgan fingerprint density at radius 2 is 2.14 bits per heavy atom. The Hall–Kier alpha value is -2.76. The van der Waals surface area contributed by atoms with Crippen molar-refractivity contribution in [3.8, 4) is 0 Å². The number of aromatic nitrogens is 3. The second kappa shape index (κ2) is 5.55. The Morgan fingerprint density at radius 1 is 1.32 bits per heavy atom. The number of benzene rings is 1. The topological polar surface area (TPSA) is 88.8 Å². The lowest BCUT2D eigenvalue weighted by Crippen LogP contribution is -2.16. The highest BCUT2D eigenvalue weighted by Crippen LogP contribution is 2.12. The van der Waals surface area contributed by atoms with E-state index < -0.39 is 5.56 Å². The van der Waals surface area contributed by atoms with Crippen LogP contribution < -0.4 is 5.56 Å². The Bertz CT molecular complexity index is 908. The van der Waals surface area contributed by atoms with Crippen molar-refractivity contribution in [2.24, 2.45) is 0 Å². The lowest BCUT2D eigenvalue weighted by Gasteiger charge is -2.02. The third-order valence-electron chi connectivity index (χ3n) is 3.50. The van der Waals surface area contributed by atoms with Crippen LogP contribution in [0.4, 0.5) is 0 Å². The van der Waals surface area contributed by atoms with E-state index in [0.29, 0.717) is 12.1 Å². The molecule has 0 bridgehead atoms. The third kappa shape index (κ3) is 2.67. The summed E-state index contributed by atoms with van der Waals surface area (Å²) in [5.41, 5.74) is 2.38. The number of rotatable bonds is 4. The molecule has 0 saturated carbocycles. The average Bonchev–Trinajstić information content (AvgIpc) is 2.86. The Kier molecular flexibility index (Phi) is 3.58. The highest BCUT2D eigenvalue weighted by Gasteiger charge is 2.16. The van der Waals surface area contributed by atoms with E-state index in [0.717, 1.165) is 11.1 Å². The van der Waals surface area contributed by atoms with Crippen LogP contribution in [0.3, 0.4) is 0 Å². The summed E-state index contributed by atoms with van der Waals surface area (Å²) < 4.78 is 4.97. The normalized spacial score (nSPS) is 11.0. The molecule has 3 aromatic rings. The van der Waals surface area contributed by atoms with Crippen molar-refractivity contribution < 1.29 is 9.32 Å². The summed E-state index contributed by atoms with van der Waals surface area (Å²) in [6.45, 7) is 3.66. The molecule has 112 valence electrons. The van der Waals surface area contributed by atoms with E-state index in [9.17, 15) is 9.59 Å². The first-order valence-corrected chi connectivity index (χ1v) is 6.99. The van der Waals surface area contributed by atoms with Gasteiger partial charge < -0.3 is 9.51 Å². The fourth-order valence-corrected chi connectivity index (χ4v) is 2.37. The van der Waals surface area contributed by atoms with Crippen molar-refractivity contribution in [2.45, 2.75) is 26.7 Å². The monoisotopic (exact) mass is 297 g/mol. The summed E-state index contributed by atoms with van der Waals surface area (Å²) in [5, 5.41) is 3.98. The van der Waals surface area contributed by atoms with Gasteiger partial charge in [-0.3, -0.25) is 9.59 Å². The van der Waals surface area contributed by atoms with Crippen molar-refractivity contribution in [1.82, 2.24) is 15.1 Å². The highest BCUT2D eigenvalue weighted by molar-refractivity contribution is 5.94. The number of hydrogen-bond donors (Lipinski definition) is 1. The van der Waals surface area contributed by atoms with Crippen molar-refractivity contribution in [1.29, 1.82) is 0 Å². The molecular formula is C16H15N3O3. The van der Waals surface area contributed by atoms with Crippen LogP contribution in [0, 0.1) is 13.8 Å². The van der Waals surface area contributed by atoms with Crippen LogP contribution in [0.5, 0.6) is 0 Å². The molecule has 0 amide bonds. The molecule has 0 aliphatic carbocycles. The molecule has 1 aromatic carbocycles. The van der Waals surface area contributed by atoms with E-state index in [4.69, 9.17) is 4.52 Å². The van der Waals surface area contributed by atoms with Gasteiger partial charge in [0.05, 0.1) is 5.69 Å². The number of nitrogens with zero attached hydrogens (tertiary/aromatic N) is 2. The molecule has 2 heterocycles. The minimum atomic E-state index is -0.400. The molecule has 3 rings (SSSR count). The van der Waals surface area contributed by atoms with Gasteiger partial charge >= 0.3 is 0 Å². The first-order chi connectivity index (χ1) is 10.5. The van der Waals surface area contributed by atoms with E-state index in [1.54, 1.807) is 6.92 Å². The minimum Gasteiger partial charge on any atom is -0.335 e. The van der Waals surface area contributed by atoms with E-state index in [1.807, 2.05) is 31.2 Å². The summed E-state index contributed by atoms with van der Waals surface area (Å²) >= 11 is 0. The molecule has 0 aliphatic heterocycles. The number of fused-ring (bicyclic) bond motifs is 1. The summed E-state index contributed by atoms with van der Waals surface area (Å²) in [6.07, 6.45) is 0.864. The maximum absolute atomic E-state index is 12.2. The smallest absolute Gasteiger partial charge is 0.265 e. The summed E-state index contributed by atoms with van der Waals surface area (Å²) in [7, 11) is 0. The van der Waals surface area contributed by atoms with Crippen LogP contribution in [0.25, 0.3) is 11.1 Å². The molecule has 0 aliphatic rings. The molecule has 0 saturated heterocycles. The number of H-pyrrole nitrogens is 1. The first kappa shape index (κ1) is 14.2. The molecule has 0 unspecified atom stereocenters. The molecule has 22 heavy (non-hydrogen) atoms. The van der Waals surface area contributed by atoms with Gasteiger partial charge in [-0.2, -0.15) is 4.98 Å². The first-order valence-electron chi connectivity index (χ1n) is 6.99. The molecular weight excluding hydrogens is 282 g/mol. The molecule has 6 heteroatoms.